The third-order valence-corrected chi connectivity index (χ3v) is 2.39. The zero-order valence-corrected chi connectivity index (χ0v) is 10.7. The Balaban J connectivity index is 2.63. The van der Waals surface area contributed by atoms with Gasteiger partial charge in [0.1, 0.15) is 6.20 Å². The van der Waals surface area contributed by atoms with Gasteiger partial charge in [-0.05, 0) is 6.42 Å². The zero-order valence-electron chi connectivity index (χ0n) is 10.7. The second kappa shape index (κ2) is 7.41. The molecule has 0 bridgehead atoms. The summed E-state index contributed by atoms with van der Waals surface area (Å²) in [5, 5.41) is 13.5. The number of rotatable bonds is 8. The fraction of sp³-hybridized carbons (Fsp3) is 0.636. The van der Waals surface area contributed by atoms with Crippen molar-refractivity contribution in [1.29, 1.82) is 0 Å². The van der Waals surface area contributed by atoms with Gasteiger partial charge in [0.25, 0.3) is 5.88 Å². The van der Waals surface area contributed by atoms with E-state index in [-0.39, 0.29) is 11.6 Å². The lowest BCUT2D eigenvalue weighted by atomic mass is 10.2. The van der Waals surface area contributed by atoms with E-state index in [1.807, 2.05) is 0 Å². The highest BCUT2D eigenvalue weighted by Gasteiger charge is 2.18. The number of ether oxygens (including phenoxy) is 1. The molecule has 0 atom stereocenters. The molecular weight excluding hydrogens is 236 g/mol. The van der Waals surface area contributed by atoms with Crippen molar-refractivity contribution < 1.29 is 9.66 Å². The molecule has 1 rings (SSSR count). The molecule has 0 amide bonds. The minimum absolute atomic E-state index is 0.0239. The fourth-order valence-electron chi connectivity index (χ4n) is 1.41. The predicted octanol–water partition coefficient (Wildman–Crippen LogP) is 2.39. The van der Waals surface area contributed by atoms with Crippen LogP contribution in [0.4, 0.5) is 11.6 Å². The summed E-state index contributed by atoms with van der Waals surface area (Å²) in [5.74, 6) is 0.333. The van der Waals surface area contributed by atoms with E-state index in [9.17, 15) is 10.1 Å². The van der Waals surface area contributed by atoms with E-state index in [1.165, 1.54) is 0 Å². The molecule has 1 N–H and O–H groups in total. The maximum Gasteiger partial charge on any atom is 0.349 e. The van der Waals surface area contributed by atoms with E-state index in [1.54, 1.807) is 7.05 Å². The van der Waals surface area contributed by atoms with Crippen LogP contribution in [0, 0.1) is 10.1 Å². The van der Waals surface area contributed by atoms with E-state index >= 15 is 0 Å². The van der Waals surface area contributed by atoms with Gasteiger partial charge in [-0.3, -0.25) is 10.1 Å². The second-order valence-corrected chi connectivity index (χ2v) is 3.80. The Bertz CT molecular complexity index is 398. The van der Waals surface area contributed by atoms with E-state index < -0.39 is 4.92 Å². The van der Waals surface area contributed by atoms with E-state index in [0.717, 1.165) is 31.9 Å². The van der Waals surface area contributed by atoms with Gasteiger partial charge in [0.05, 0.1) is 11.5 Å². The SMILES string of the molecule is CCCCCCOc1nc(NC)ncc1[N+](=O)[O-]. The summed E-state index contributed by atoms with van der Waals surface area (Å²) in [4.78, 5) is 18.0. The molecule has 0 radical (unpaired) electrons. The highest BCUT2D eigenvalue weighted by Crippen LogP contribution is 2.24. The van der Waals surface area contributed by atoms with E-state index in [0.29, 0.717) is 12.6 Å². The molecule has 7 nitrogen and oxygen atoms in total. The topological polar surface area (TPSA) is 90.2 Å². The van der Waals surface area contributed by atoms with Gasteiger partial charge < -0.3 is 10.1 Å². The van der Waals surface area contributed by atoms with Crippen molar-refractivity contribution in [3.8, 4) is 5.88 Å². The number of hydrogen-bond donors (Lipinski definition) is 1. The van der Waals surface area contributed by atoms with Crippen LogP contribution < -0.4 is 10.1 Å². The Kier molecular flexibility index (Phi) is 5.83. The molecule has 0 fully saturated rings. The first-order chi connectivity index (χ1) is 8.69. The Morgan fingerprint density at radius 1 is 1.44 bits per heavy atom. The second-order valence-electron chi connectivity index (χ2n) is 3.80. The Hall–Kier alpha value is -1.92. The van der Waals surface area contributed by atoms with Crippen molar-refractivity contribution in [2.75, 3.05) is 19.0 Å². The van der Waals surface area contributed by atoms with E-state index in [2.05, 4.69) is 22.2 Å². The summed E-state index contributed by atoms with van der Waals surface area (Å²) in [6, 6.07) is 0. The van der Waals surface area contributed by atoms with Crippen LogP contribution in [0.5, 0.6) is 5.88 Å². The number of aromatic nitrogens is 2. The maximum absolute atomic E-state index is 10.8. The van der Waals surface area contributed by atoms with Gasteiger partial charge in [0.15, 0.2) is 0 Å². The molecule has 1 aromatic heterocycles. The molecule has 0 saturated heterocycles. The lowest BCUT2D eigenvalue weighted by molar-refractivity contribution is -0.386. The normalized spacial score (nSPS) is 10.1. The van der Waals surface area contributed by atoms with Crippen molar-refractivity contribution in [1.82, 2.24) is 9.97 Å². The molecule has 7 heteroatoms. The smallest absolute Gasteiger partial charge is 0.349 e. The van der Waals surface area contributed by atoms with Gasteiger partial charge >= 0.3 is 5.69 Å². The highest BCUT2D eigenvalue weighted by atomic mass is 16.6. The molecule has 100 valence electrons. The summed E-state index contributed by atoms with van der Waals surface area (Å²) >= 11 is 0. The molecule has 18 heavy (non-hydrogen) atoms. The van der Waals surface area contributed by atoms with Crippen LogP contribution in [-0.2, 0) is 0 Å². The monoisotopic (exact) mass is 254 g/mol. The van der Waals surface area contributed by atoms with Crippen LogP contribution in [0.2, 0.25) is 0 Å². The van der Waals surface area contributed by atoms with Gasteiger partial charge in [-0.2, -0.15) is 4.98 Å². The zero-order chi connectivity index (χ0) is 13.4. The van der Waals surface area contributed by atoms with Crippen molar-refractivity contribution in [3.63, 3.8) is 0 Å². The average Bonchev–Trinajstić information content (AvgIpc) is 2.38. The molecule has 0 aromatic carbocycles. The van der Waals surface area contributed by atoms with Crippen LogP contribution >= 0.6 is 0 Å². The summed E-state index contributed by atoms with van der Waals surface area (Å²) in [7, 11) is 1.65. The largest absolute Gasteiger partial charge is 0.473 e. The molecule has 0 aliphatic rings. The standard InChI is InChI=1S/C11H18N4O3/c1-3-4-5-6-7-18-10-9(15(16)17)8-13-11(12-2)14-10/h8H,3-7H2,1-2H3,(H,12,13,14). The Morgan fingerprint density at radius 3 is 2.83 bits per heavy atom. The summed E-state index contributed by atoms with van der Waals surface area (Å²) in [6.45, 7) is 2.55. The molecule has 0 saturated carbocycles. The maximum atomic E-state index is 10.8. The lowest BCUT2D eigenvalue weighted by Crippen LogP contribution is -2.05. The molecule has 1 aromatic rings. The predicted molar refractivity (Wildman–Crippen MR) is 67.9 cm³/mol. The van der Waals surface area contributed by atoms with Crippen molar-refractivity contribution in [2.24, 2.45) is 0 Å². The number of nitrogens with zero attached hydrogens (tertiary/aromatic N) is 3. The molecule has 0 spiro atoms. The number of nitro groups is 1. The summed E-state index contributed by atoms with van der Waals surface area (Å²) in [5.41, 5.74) is -0.204. The van der Waals surface area contributed by atoms with Crippen LogP contribution in [0.15, 0.2) is 6.20 Å². The van der Waals surface area contributed by atoms with Crippen molar-refractivity contribution in [2.45, 2.75) is 32.6 Å². The van der Waals surface area contributed by atoms with Gasteiger partial charge in [-0.25, -0.2) is 4.98 Å². The summed E-state index contributed by atoms with van der Waals surface area (Å²) < 4.78 is 5.35. The lowest BCUT2D eigenvalue weighted by Gasteiger charge is -2.06. The Morgan fingerprint density at radius 2 is 2.22 bits per heavy atom. The third-order valence-electron chi connectivity index (χ3n) is 2.39. The molecule has 1 heterocycles. The van der Waals surface area contributed by atoms with Gasteiger partial charge in [0, 0.05) is 7.05 Å². The van der Waals surface area contributed by atoms with E-state index in [4.69, 9.17) is 4.74 Å². The van der Waals surface area contributed by atoms with Gasteiger partial charge in [-0.15, -0.1) is 0 Å². The summed E-state index contributed by atoms with van der Waals surface area (Å²) in [6.07, 6.45) is 5.34. The van der Waals surface area contributed by atoms with Crippen LogP contribution in [-0.4, -0.2) is 28.5 Å². The minimum Gasteiger partial charge on any atom is -0.473 e. The number of unbranched alkanes of at least 4 members (excludes halogenated alkanes) is 3. The van der Waals surface area contributed by atoms with Gasteiger partial charge in [-0.1, -0.05) is 26.2 Å². The van der Waals surface area contributed by atoms with Crippen LogP contribution in [0.3, 0.4) is 0 Å². The average molecular weight is 254 g/mol. The van der Waals surface area contributed by atoms with Crippen LogP contribution in [0.25, 0.3) is 0 Å². The highest BCUT2D eigenvalue weighted by molar-refractivity contribution is 5.42. The quantitative estimate of drug-likeness (QED) is 0.435. The van der Waals surface area contributed by atoms with Crippen molar-refractivity contribution in [3.05, 3.63) is 16.3 Å². The Labute approximate surface area is 106 Å². The number of anilines is 1. The van der Waals surface area contributed by atoms with Crippen LogP contribution in [0.1, 0.15) is 32.6 Å². The molecule has 0 aliphatic heterocycles. The first-order valence-electron chi connectivity index (χ1n) is 6.01. The molecule has 0 aliphatic carbocycles. The van der Waals surface area contributed by atoms with Crippen molar-refractivity contribution >= 4 is 11.6 Å². The molecular formula is C11H18N4O3. The fourth-order valence-corrected chi connectivity index (χ4v) is 1.41. The molecule has 0 unspecified atom stereocenters. The first-order valence-corrected chi connectivity index (χ1v) is 6.01. The van der Waals surface area contributed by atoms with Gasteiger partial charge in [0.2, 0.25) is 5.95 Å². The third kappa shape index (κ3) is 4.15. The number of hydrogen-bond acceptors (Lipinski definition) is 6. The number of nitrogens with one attached hydrogen (secondary N) is 1. The minimum atomic E-state index is -0.541. The first kappa shape index (κ1) is 14.1.